The third kappa shape index (κ3) is 4.89. The third-order valence-corrected chi connectivity index (χ3v) is 4.29. The number of nitrogens with zero attached hydrogens (tertiary/aromatic N) is 1. The van der Waals surface area contributed by atoms with Gasteiger partial charge < -0.3 is 9.47 Å². The normalized spacial score (nSPS) is 10.9. The largest absolute Gasteiger partial charge is 0.493 e. The van der Waals surface area contributed by atoms with Gasteiger partial charge in [-0.25, -0.2) is 8.78 Å². The highest BCUT2D eigenvalue weighted by Crippen LogP contribution is 2.30. The van der Waals surface area contributed by atoms with Crippen molar-refractivity contribution in [1.82, 2.24) is 0 Å². The number of methoxy groups -OCH3 is 1. The summed E-state index contributed by atoms with van der Waals surface area (Å²) >= 11 is 0. The lowest BCUT2D eigenvalue weighted by atomic mass is 10.0. The number of benzene rings is 3. The number of halogens is 2. The van der Waals surface area contributed by atoms with E-state index in [-0.39, 0.29) is 23.6 Å². The van der Waals surface area contributed by atoms with Crippen LogP contribution in [-0.2, 0) is 6.61 Å². The molecule has 6 heteroatoms. The summed E-state index contributed by atoms with van der Waals surface area (Å²) in [5.74, 6) is -0.887. The van der Waals surface area contributed by atoms with Crippen molar-refractivity contribution in [3.63, 3.8) is 0 Å². The smallest absolute Gasteiger partial charge is 0.206 e. The van der Waals surface area contributed by atoms with Gasteiger partial charge in [0.15, 0.2) is 11.5 Å². The van der Waals surface area contributed by atoms with Gasteiger partial charge in [0.1, 0.15) is 29.9 Å². The van der Waals surface area contributed by atoms with Gasteiger partial charge in [-0.1, -0.05) is 30.3 Å². The van der Waals surface area contributed by atoms with Crippen molar-refractivity contribution >= 4 is 11.9 Å². The average Bonchev–Trinajstić information content (AvgIpc) is 2.77. The van der Waals surface area contributed by atoms with Crippen molar-refractivity contribution < 1.29 is 23.0 Å². The highest BCUT2D eigenvalue weighted by Gasteiger charge is 2.16. The maximum absolute atomic E-state index is 13.9. The van der Waals surface area contributed by atoms with Crippen molar-refractivity contribution in [2.45, 2.75) is 6.61 Å². The number of hydrogen-bond acceptors (Lipinski definition) is 4. The van der Waals surface area contributed by atoms with Crippen molar-refractivity contribution in [1.29, 1.82) is 5.26 Å². The van der Waals surface area contributed by atoms with E-state index in [0.717, 1.165) is 5.56 Å². The number of ketones is 1. The topological polar surface area (TPSA) is 59.3 Å². The molecule has 4 nitrogen and oxygen atoms in total. The number of allylic oxidation sites excluding steroid dienone is 1. The van der Waals surface area contributed by atoms with Gasteiger partial charge in [-0.15, -0.1) is 0 Å². The predicted octanol–water partition coefficient (Wildman–Crippen LogP) is 5.34. The van der Waals surface area contributed by atoms with Crippen molar-refractivity contribution in [2.24, 2.45) is 0 Å². The highest BCUT2D eigenvalue weighted by molar-refractivity contribution is 6.14. The Bertz CT molecular complexity index is 1130. The molecule has 3 aromatic rings. The first-order valence-electron chi connectivity index (χ1n) is 8.98. The van der Waals surface area contributed by atoms with E-state index < -0.39 is 11.6 Å². The predicted molar refractivity (Wildman–Crippen MR) is 108 cm³/mol. The monoisotopic (exact) mass is 405 g/mol. The first kappa shape index (κ1) is 20.7. The summed E-state index contributed by atoms with van der Waals surface area (Å²) < 4.78 is 37.9. The summed E-state index contributed by atoms with van der Waals surface area (Å²) in [6.07, 6.45) is 1.36. The van der Waals surface area contributed by atoms with Crippen LogP contribution in [0.4, 0.5) is 8.78 Å². The van der Waals surface area contributed by atoms with Gasteiger partial charge in [0.2, 0.25) is 5.78 Å². The van der Waals surface area contributed by atoms with Crippen LogP contribution in [-0.4, -0.2) is 12.9 Å². The van der Waals surface area contributed by atoms with Crippen molar-refractivity contribution in [2.75, 3.05) is 7.11 Å². The van der Waals surface area contributed by atoms with Crippen molar-refractivity contribution in [3.05, 3.63) is 101 Å². The quantitative estimate of drug-likeness (QED) is 0.302. The summed E-state index contributed by atoms with van der Waals surface area (Å²) in [6.45, 7) is 0.209. The molecule has 0 bridgehead atoms. The lowest BCUT2D eigenvalue weighted by molar-refractivity contribution is 0.103. The second-order valence-electron chi connectivity index (χ2n) is 6.30. The fourth-order valence-corrected chi connectivity index (χ4v) is 2.74. The Labute approximate surface area is 172 Å². The van der Waals surface area contributed by atoms with Crippen LogP contribution in [0.15, 0.2) is 72.3 Å². The van der Waals surface area contributed by atoms with Gasteiger partial charge in [0.05, 0.1) is 12.7 Å². The van der Waals surface area contributed by atoms with Gasteiger partial charge in [-0.2, -0.15) is 5.26 Å². The number of carbonyl (C=O) groups excluding carboxylic acids is 1. The molecule has 0 spiro atoms. The van der Waals surface area contributed by atoms with Crippen LogP contribution >= 0.6 is 0 Å². The second kappa shape index (κ2) is 9.48. The number of rotatable bonds is 7. The maximum atomic E-state index is 13.9. The van der Waals surface area contributed by atoms with Crippen LogP contribution < -0.4 is 9.47 Å². The zero-order valence-electron chi connectivity index (χ0n) is 16.1. The number of hydrogen-bond donors (Lipinski definition) is 0. The Morgan fingerprint density at radius 2 is 1.77 bits per heavy atom. The fourth-order valence-electron chi connectivity index (χ4n) is 2.74. The van der Waals surface area contributed by atoms with Gasteiger partial charge in [-0.3, -0.25) is 4.79 Å². The number of carbonyl (C=O) groups is 1. The Kier molecular flexibility index (Phi) is 6.56. The summed E-state index contributed by atoms with van der Waals surface area (Å²) in [6, 6.07) is 18.1. The van der Waals surface area contributed by atoms with E-state index in [0.29, 0.717) is 17.1 Å². The van der Waals surface area contributed by atoms with Gasteiger partial charge >= 0.3 is 0 Å². The molecule has 3 rings (SSSR count). The third-order valence-electron chi connectivity index (χ3n) is 4.29. The highest BCUT2D eigenvalue weighted by atomic mass is 19.1. The van der Waals surface area contributed by atoms with E-state index in [9.17, 15) is 18.8 Å². The van der Waals surface area contributed by atoms with Crippen LogP contribution in [0.5, 0.6) is 11.5 Å². The van der Waals surface area contributed by atoms with Gasteiger partial charge in [-0.05, 0) is 53.6 Å². The van der Waals surface area contributed by atoms with Crippen LogP contribution in [0.25, 0.3) is 6.08 Å². The molecule has 0 unspecified atom stereocenters. The number of nitriles is 1. The minimum absolute atomic E-state index is 0.170. The molecular weight excluding hydrogens is 388 g/mol. The molecule has 0 atom stereocenters. The van der Waals surface area contributed by atoms with E-state index in [1.54, 1.807) is 30.3 Å². The molecule has 0 aromatic heterocycles. The summed E-state index contributed by atoms with van der Waals surface area (Å²) in [4.78, 5) is 12.5. The molecule has 0 fully saturated rings. The molecule has 30 heavy (non-hydrogen) atoms. The van der Waals surface area contributed by atoms with Crippen LogP contribution in [0, 0.1) is 23.0 Å². The summed E-state index contributed by atoms with van der Waals surface area (Å²) in [5, 5.41) is 9.38. The first-order chi connectivity index (χ1) is 14.5. The van der Waals surface area contributed by atoms with Gasteiger partial charge in [0, 0.05) is 0 Å². The Hall–Kier alpha value is -3.98. The lowest BCUT2D eigenvalue weighted by Gasteiger charge is -2.11. The molecule has 0 heterocycles. The second-order valence-corrected chi connectivity index (χ2v) is 6.30. The first-order valence-corrected chi connectivity index (χ1v) is 8.98. The molecule has 0 aliphatic heterocycles. The molecular formula is C24H17F2NO3. The zero-order valence-corrected chi connectivity index (χ0v) is 16.1. The summed E-state index contributed by atoms with van der Waals surface area (Å²) in [5.41, 5.74) is 0.922. The molecule has 0 amide bonds. The van der Waals surface area contributed by atoms with Crippen LogP contribution in [0.3, 0.4) is 0 Å². The summed E-state index contributed by atoms with van der Waals surface area (Å²) in [7, 11) is 1.46. The van der Waals surface area contributed by atoms with Crippen molar-refractivity contribution in [3.8, 4) is 17.6 Å². The Morgan fingerprint density at radius 1 is 1.03 bits per heavy atom. The average molecular weight is 405 g/mol. The van der Waals surface area contributed by atoms with E-state index in [1.807, 2.05) is 6.07 Å². The van der Waals surface area contributed by atoms with Gasteiger partial charge in [0.25, 0.3) is 0 Å². The maximum Gasteiger partial charge on any atom is 0.206 e. The van der Waals surface area contributed by atoms with E-state index in [4.69, 9.17) is 9.47 Å². The molecule has 0 aliphatic carbocycles. The Balaban J connectivity index is 1.82. The fraction of sp³-hybridized carbons (Fsp3) is 0.0833. The zero-order chi connectivity index (χ0) is 21.5. The number of ether oxygens (including phenoxy) is 2. The van der Waals surface area contributed by atoms with E-state index in [2.05, 4.69) is 0 Å². The lowest BCUT2D eigenvalue weighted by Crippen LogP contribution is -2.04. The molecule has 3 aromatic carbocycles. The minimum Gasteiger partial charge on any atom is -0.493 e. The molecule has 0 radical (unpaired) electrons. The molecule has 0 saturated heterocycles. The molecule has 0 saturated carbocycles. The molecule has 150 valence electrons. The molecule has 0 N–H and O–H groups in total. The SMILES string of the molecule is COc1cc(/C=C(\C#N)C(=O)c2ccccc2F)ccc1OCc1ccc(F)cc1. The van der Waals surface area contributed by atoms with Crippen LogP contribution in [0.1, 0.15) is 21.5 Å². The van der Waals surface area contributed by atoms with E-state index >= 15 is 0 Å². The standard InChI is InChI=1S/C24H17F2NO3/c1-29-23-13-17(8-11-22(23)30-15-16-6-9-19(25)10-7-16)12-18(14-27)24(28)20-4-2-3-5-21(20)26/h2-13H,15H2,1H3/b18-12+. The van der Waals surface area contributed by atoms with Crippen LogP contribution in [0.2, 0.25) is 0 Å². The Morgan fingerprint density at radius 3 is 2.43 bits per heavy atom. The number of Topliss-reactive ketones (excluding diaryl/α,β-unsaturated/α-hetero) is 1. The molecule has 0 aliphatic rings. The minimum atomic E-state index is -0.703. The van der Waals surface area contributed by atoms with E-state index in [1.165, 1.54) is 49.6 Å².